The van der Waals surface area contributed by atoms with Gasteiger partial charge in [0.25, 0.3) is 5.91 Å². The Kier molecular flexibility index (Phi) is 6.20. The van der Waals surface area contributed by atoms with Gasteiger partial charge in [0.1, 0.15) is 5.75 Å². The molecule has 0 aliphatic rings. The van der Waals surface area contributed by atoms with Gasteiger partial charge >= 0.3 is 0 Å². The van der Waals surface area contributed by atoms with Crippen LogP contribution < -0.4 is 4.74 Å². The first kappa shape index (κ1) is 18.4. The van der Waals surface area contributed by atoms with Crippen LogP contribution >= 0.6 is 22.7 Å². The summed E-state index contributed by atoms with van der Waals surface area (Å²) in [6.45, 7) is 2.57. The fourth-order valence-electron chi connectivity index (χ4n) is 2.45. The fraction of sp³-hybridized carbons (Fsp3) is 0.200. The number of rotatable bonds is 8. The van der Waals surface area contributed by atoms with Gasteiger partial charge in [-0.1, -0.05) is 24.3 Å². The second-order valence-electron chi connectivity index (χ2n) is 5.78. The van der Waals surface area contributed by atoms with Crippen molar-refractivity contribution < 1.29 is 14.3 Å². The Labute approximate surface area is 160 Å². The molecule has 2 heterocycles. The molecule has 4 nitrogen and oxygen atoms in total. The Morgan fingerprint density at radius 1 is 0.962 bits per heavy atom. The minimum atomic E-state index is -0.0833. The van der Waals surface area contributed by atoms with Gasteiger partial charge in [0.15, 0.2) is 12.4 Å². The number of ether oxygens (including phenoxy) is 1. The van der Waals surface area contributed by atoms with E-state index in [9.17, 15) is 9.59 Å². The average Bonchev–Trinajstić information content (AvgIpc) is 3.33. The van der Waals surface area contributed by atoms with E-state index in [0.29, 0.717) is 24.4 Å². The molecule has 0 radical (unpaired) electrons. The Morgan fingerprint density at radius 2 is 1.62 bits per heavy atom. The average molecular weight is 386 g/mol. The molecule has 1 amide bonds. The van der Waals surface area contributed by atoms with Crippen molar-refractivity contribution >= 4 is 34.4 Å². The first-order valence-electron chi connectivity index (χ1n) is 8.18. The molecule has 0 fully saturated rings. The second kappa shape index (κ2) is 8.78. The van der Waals surface area contributed by atoms with Crippen LogP contribution in [0.25, 0.3) is 0 Å². The van der Waals surface area contributed by atoms with E-state index in [1.54, 1.807) is 51.8 Å². The van der Waals surface area contributed by atoms with E-state index in [1.165, 1.54) is 6.92 Å². The third-order valence-corrected chi connectivity index (χ3v) is 5.53. The number of benzene rings is 1. The molecule has 0 N–H and O–H groups in total. The van der Waals surface area contributed by atoms with Crippen LogP contribution in [-0.4, -0.2) is 23.2 Å². The lowest BCUT2D eigenvalue weighted by molar-refractivity contribution is -0.134. The highest BCUT2D eigenvalue weighted by Gasteiger charge is 2.16. The van der Waals surface area contributed by atoms with E-state index in [-0.39, 0.29) is 18.3 Å². The van der Waals surface area contributed by atoms with Crippen LogP contribution in [0.4, 0.5) is 0 Å². The number of hydrogen-bond acceptors (Lipinski definition) is 5. The van der Waals surface area contributed by atoms with Crippen molar-refractivity contribution in [2.75, 3.05) is 6.61 Å². The number of carbonyl (C=O) groups excluding carboxylic acids is 2. The molecule has 6 heteroatoms. The number of nitrogens with zero attached hydrogens (tertiary/aromatic N) is 1. The van der Waals surface area contributed by atoms with Crippen LogP contribution in [0.2, 0.25) is 0 Å². The molecule has 0 aliphatic carbocycles. The van der Waals surface area contributed by atoms with Crippen LogP contribution in [-0.2, 0) is 17.9 Å². The van der Waals surface area contributed by atoms with Gasteiger partial charge in [-0.2, -0.15) is 0 Å². The molecular weight excluding hydrogens is 366 g/mol. The first-order chi connectivity index (χ1) is 12.6. The molecule has 0 saturated heterocycles. The van der Waals surface area contributed by atoms with Gasteiger partial charge in [-0.25, -0.2) is 0 Å². The van der Waals surface area contributed by atoms with E-state index in [2.05, 4.69) is 0 Å². The van der Waals surface area contributed by atoms with E-state index in [1.807, 2.05) is 35.0 Å². The normalized spacial score (nSPS) is 10.5. The fourth-order valence-corrected chi connectivity index (χ4v) is 3.89. The van der Waals surface area contributed by atoms with E-state index >= 15 is 0 Å². The molecule has 3 rings (SSSR count). The SMILES string of the molecule is CC(=O)c1cccc(OCC(=O)N(Cc2cccs2)Cc2cccs2)c1. The maximum atomic E-state index is 12.7. The summed E-state index contributed by atoms with van der Waals surface area (Å²) >= 11 is 3.26. The minimum absolute atomic E-state index is 0.0289. The Morgan fingerprint density at radius 3 is 2.15 bits per heavy atom. The summed E-state index contributed by atoms with van der Waals surface area (Å²) in [5.41, 5.74) is 0.573. The summed E-state index contributed by atoms with van der Waals surface area (Å²) in [7, 11) is 0. The van der Waals surface area contributed by atoms with Gasteiger partial charge in [-0.15, -0.1) is 22.7 Å². The van der Waals surface area contributed by atoms with Crippen LogP contribution in [0.3, 0.4) is 0 Å². The summed E-state index contributed by atoms with van der Waals surface area (Å²) < 4.78 is 5.64. The maximum absolute atomic E-state index is 12.7. The lowest BCUT2D eigenvalue weighted by Gasteiger charge is -2.21. The molecule has 0 saturated carbocycles. The van der Waals surface area contributed by atoms with E-state index in [4.69, 9.17) is 4.74 Å². The van der Waals surface area contributed by atoms with E-state index in [0.717, 1.165) is 9.75 Å². The monoisotopic (exact) mass is 385 g/mol. The summed E-state index contributed by atoms with van der Waals surface area (Å²) in [5, 5.41) is 4.01. The largest absolute Gasteiger partial charge is 0.484 e. The van der Waals surface area contributed by atoms with Gasteiger partial charge in [0.2, 0.25) is 0 Å². The molecular formula is C20H19NO3S2. The van der Waals surface area contributed by atoms with Crippen LogP contribution in [0.5, 0.6) is 5.75 Å². The Hall–Kier alpha value is -2.44. The van der Waals surface area contributed by atoms with Crippen LogP contribution in [0.15, 0.2) is 59.3 Å². The summed E-state index contributed by atoms with van der Waals surface area (Å²) in [4.78, 5) is 28.3. The standard InChI is InChI=1S/C20H19NO3S2/c1-15(22)16-5-2-6-17(11-16)24-14-20(23)21(12-18-7-3-9-25-18)13-19-8-4-10-26-19/h2-11H,12-14H2,1H3. The number of hydrogen-bond donors (Lipinski definition) is 0. The molecule has 0 spiro atoms. The molecule has 0 atom stereocenters. The van der Waals surface area contributed by atoms with Crippen molar-refractivity contribution in [1.82, 2.24) is 4.90 Å². The molecule has 2 aromatic heterocycles. The predicted octanol–water partition coefficient (Wildman–Crippen LogP) is 4.62. The second-order valence-corrected chi connectivity index (χ2v) is 7.85. The van der Waals surface area contributed by atoms with E-state index < -0.39 is 0 Å². The van der Waals surface area contributed by atoms with Crippen molar-refractivity contribution in [3.63, 3.8) is 0 Å². The minimum Gasteiger partial charge on any atom is -0.484 e. The Bertz CT molecular complexity index is 821. The lowest BCUT2D eigenvalue weighted by Crippen LogP contribution is -2.33. The summed E-state index contributed by atoms with van der Waals surface area (Å²) in [6.07, 6.45) is 0. The quantitative estimate of drug-likeness (QED) is 0.532. The highest BCUT2D eigenvalue weighted by Crippen LogP contribution is 2.18. The molecule has 0 bridgehead atoms. The van der Waals surface area contributed by atoms with Crippen molar-refractivity contribution in [3.8, 4) is 5.75 Å². The molecule has 26 heavy (non-hydrogen) atoms. The highest BCUT2D eigenvalue weighted by atomic mass is 32.1. The van der Waals surface area contributed by atoms with Crippen LogP contribution in [0, 0.1) is 0 Å². The first-order valence-corrected chi connectivity index (χ1v) is 9.94. The zero-order chi connectivity index (χ0) is 18.4. The topological polar surface area (TPSA) is 46.6 Å². The third-order valence-electron chi connectivity index (χ3n) is 3.81. The maximum Gasteiger partial charge on any atom is 0.261 e. The van der Waals surface area contributed by atoms with Crippen molar-refractivity contribution in [3.05, 3.63) is 74.6 Å². The number of thiophene rings is 2. The van der Waals surface area contributed by atoms with Gasteiger partial charge in [0.05, 0.1) is 13.1 Å². The van der Waals surface area contributed by atoms with Gasteiger partial charge in [-0.3, -0.25) is 9.59 Å². The molecule has 1 aromatic carbocycles. The summed E-state index contributed by atoms with van der Waals surface area (Å²) in [5.74, 6) is 0.414. The van der Waals surface area contributed by atoms with Crippen molar-refractivity contribution in [1.29, 1.82) is 0 Å². The number of Topliss-reactive ketones (excluding diaryl/α,β-unsaturated/α-hetero) is 1. The predicted molar refractivity (Wildman–Crippen MR) is 105 cm³/mol. The van der Waals surface area contributed by atoms with Gasteiger partial charge in [0, 0.05) is 15.3 Å². The van der Waals surface area contributed by atoms with Crippen LogP contribution in [0.1, 0.15) is 27.0 Å². The summed E-state index contributed by atoms with van der Waals surface area (Å²) in [6, 6.07) is 14.9. The Balaban J connectivity index is 1.66. The third kappa shape index (κ3) is 5.03. The lowest BCUT2D eigenvalue weighted by atomic mass is 10.1. The highest BCUT2D eigenvalue weighted by molar-refractivity contribution is 7.10. The number of ketones is 1. The van der Waals surface area contributed by atoms with Gasteiger partial charge < -0.3 is 9.64 Å². The molecule has 134 valence electrons. The zero-order valence-electron chi connectivity index (χ0n) is 14.4. The molecule has 0 aliphatic heterocycles. The number of amides is 1. The zero-order valence-corrected chi connectivity index (χ0v) is 16.0. The van der Waals surface area contributed by atoms with Crippen molar-refractivity contribution in [2.45, 2.75) is 20.0 Å². The smallest absolute Gasteiger partial charge is 0.261 e. The van der Waals surface area contributed by atoms with Crippen molar-refractivity contribution in [2.24, 2.45) is 0 Å². The number of carbonyl (C=O) groups is 2. The molecule has 3 aromatic rings. The van der Waals surface area contributed by atoms with Gasteiger partial charge in [-0.05, 0) is 41.9 Å². The molecule has 0 unspecified atom stereocenters.